The molecular weight excluding hydrogens is 321 g/mol. The lowest BCUT2D eigenvalue weighted by Gasteiger charge is -2.39. The van der Waals surface area contributed by atoms with Crippen molar-refractivity contribution in [1.29, 1.82) is 0 Å². The topological polar surface area (TPSA) is 36.0 Å². The third-order valence-electron chi connectivity index (χ3n) is 5.51. The molecule has 0 saturated carbocycles. The first-order valence-corrected chi connectivity index (χ1v) is 9.02. The van der Waals surface area contributed by atoms with E-state index in [1.54, 1.807) is 26.2 Å². The number of carbonyl (C=O) groups is 1. The molecular formula is C19H28FN3O2. The number of nitrogens with zero attached hydrogens (tertiary/aromatic N) is 3. The molecule has 0 aromatic heterocycles. The van der Waals surface area contributed by atoms with Gasteiger partial charge in [0.2, 0.25) is 5.91 Å². The van der Waals surface area contributed by atoms with Crippen molar-refractivity contribution in [2.45, 2.75) is 26.4 Å². The molecule has 2 heterocycles. The van der Waals surface area contributed by atoms with Gasteiger partial charge in [0.25, 0.3) is 0 Å². The van der Waals surface area contributed by atoms with Crippen LogP contribution in [0.25, 0.3) is 0 Å². The van der Waals surface area contributed by atoms with Crippen molar-refractivity contribution in [2.24, 2.45) is 5.92 Å². The predicted molar refractivity (Wildman–Crippen MR) is 95.0 cm³/mol. The number of hydrogen-bond acceptors (Lipinski definition) is 4. The summed E-state index contributed by atoms with van der Waals surface area (Å²) in [6.45, 7) is 10.1. The zero-order valence-electron chi connectivity index (χ0n) is 15.4. The van der Waals surface area contributed by atoms with Crippen LogP contribution in [0.2, 0.25) is 0 Å². The quantitative estimate of drug-likeness (QED) is 0.831. The van der Waals surface area contributed by atoms with Crippen molar-refractivity contribution in [2.75, 3.05) is 46.4 Å². The standard InChI is InChI=1S/C19H28FN3O2/c1-14-11-21(12-16-10-17(20)4-5-19(16)25-3)13-18(14)23-8-6-22(7-9-23)15(2)24/h4-5,10,14,18H,6-9,11-13H2,1-3H3/t14-,18-/m0/s1. The van der Waals surface area contributed by atoms with Gasteiger partial charge in [-0.1, -0.05) is 6.92 Å². The molecule has 0 spiro atoms. The highest BCUT2D eigenvalue weighted by molar-refractivity contribution is 5.73. The normalized spacial score (nSPS) is 25.4. The van der Waals surface area contributed by atoms with Gasteiger partial charge in [0.05, 0.1) is 7.11 Å². The molecule has 0 aliphatic carbocycles. The molecule has 0 N–H and O–H groups in total. The molecule has 5 nitrogen and oxygen atoms in total. The lowest BCUT2D eigenvalue weighted by atomic mass is 10.0. The largest absolute Gasteiger partial charge is 0.496 e. The SMILES string of the molecule is COc1ccc(F)cc1CN1C[C@H](C)[C@@H](N2CCN(C(C)=O)CC2)C1. The monoisotopic (exact) mass is 349 g/mol. The van der Waals surface area contributed by atoms with E-state index >= 15 is 0 Å². The highest BCUT2D eigenvalue weighted by Gasteiger charge is 2.35. The van der Waals surface area contributed by atoms with Crippen LogP contribution in [0.5, 0.6) is 5.75 Å². The van der Waals surface area contributed by atoms with E-state index in [0.29, 0.717) is 18.5 Å². The van der Waals surface area contributed by atoms with E-state index in [2.05, 4.69) is 16.7 Å². The first-order valence-electron chi connectivity index (χ1n) is 9.02. The molecule has 0 unspecified atom stereocenters. The number of hydrogen-bond donors (Lipinski definition) is 0. The van der Waals surface area contributed by atoms with Gasteiger partial charge in [0.1, 0.15) is 11.6 Å². The zero-order chi connectivity index (χ0) is 18.0. The van der Waals surface area contributed by atoms with E-state index in [0.717, 1.165) is 50.6 Å². The number of halogens is 1. The molecule has 1 aromatic rings. The van der Waals surface area contributed by atoms with E-state index in [1.165, 1.54) is 6.07 Å². The molecule has 1 amide bonds. The van der Waals surface area contributed by atoms with Crippen LogP contribution in [0, 0.1) is 11.7 Å². The van der Waals surface area contributed by atoms with Gasteiger partial charge in [-0.25, -0.2) is 4.39 Å². The Hall–Kier alpha value is -1.66. The van der Waals surface area contributed by atoms with Crippen LogP contribution in [-0.4, -0.2) is 73.0 Å². The minimum Gasteiger partial charge on any atom is -0.496 e. The Balaban J connectivity index is 1.60. The number of methoxy groups -OCH3 is 1. The van der Waals surface area contributed by atoms with E-state index in [-0.39, 0.29) is 11.7 Å². The Morgan fingerprint density at radius 3 is 2.60 bits per heavy atom. The minimum atomic E-state index is -0.222. The summed E-state index contributed by atoms with van der Waals surface area (Å²) >= 11 is 0. The third-order valence-corrected chi connectivity index (χ3v) is 5.51. The maximum absolute atomic E-state index is 13.6. The Kier molecular flexibility index (Phi) is 5.59. The first kappa shape index (κ1) is 18.1. The molecule has 6 heteroatoms. The number of rotatable bonds is 4. The summed E-state index contributed by atoms with van der Waals surface area (Å²) < 4.78 is 19.0. The highest BCUT2D eigenvalue weighted by Crippen LogP contribution is 2.27. The molecule has 3 rings (SSSR count). The Labute approximate surface area is 149 Å². The molecule has 0 radical (unpaired) electrons. The number of ether oxygens (including phenoxy) is 1. The van der Waals surface area contributed by atoms with Crippen LogP contribution in [0.1, 0.15) is 19.4 Å². The van der Waals surface area contributed by atoms with Gasteiger partial charge in [-0.2, -0.15) is 0 Å². The molecule has 2 fully saturated rings. The number of benzene rings is 1. The fourth-order valence-electron chi connectivity index (χ4n) is 4.13. The van der Waals surface area contributed by atoms with Crippen LogP contribution in [0.3, 0.4) is 0 Å². The number of amides is 1. The fraction of sp³-hybridized carbons (Fsp3) is 0.632. The smallest absolute Gasteiger partial charge is 0.219 e. The zero-order valence-corrected chi connectivity index (χ0v) is 15.4. The molecule has 2 aliphatic rings. The molecule has 2 saturated heterocycles. The molecule has 2 aliphatic heterocycles. The Morgan fingerprint density at radius 1 is 1.24 bits per heavy atom. The van der Waals surface area contributed by atoms with Gasteiger partial charge >= 0.3 is 0 Å². The summed E-state index contributed by atoms with van der Waals surface area (Å²) in [6.07, 6.45) is 0. The summed E-state index contributed by atoms with van der Waals surface area (Å²) in [4.78, 5) is 18.3. The highest BCUT2D eigenvalue weighted by atomic mass is 19.1. The predicted octanol–water partition coefficient (Wildman–Crippen LogP) is 1.82. The lowest BCUT2D eigenvalue weighted by molar-refractivity contribution is -0.130. The Bertz CT molecular complexity index is 617. The summed E-state index contributed by atoms with van der Waals surface area (Å²) in [7, 11) is 1.63. The van der Waals surface area contributed by atoms with Gasteiger partial charge in [0.15, 0.2) is 0 Å². The second-order valence-corrected chi connectivity index (χ2v) is 7.24. The molecule has 25 heavy (non-hydrogen) atoms. The van der Waals surface area contributed by atoms with Crippen LogP contribution in [0.15, 0.2) is 18.2 Å². The minimum absolute atomic E-state index is 0.166. The maximum atomic E-state index is 13.6. The van der Waals surface area contributed by atoms with Gasteiger partial charge in [-0.05, 0) is 24.1 Å². The van der Waals surface area contributed by atoms with Crippen molar-refractivity contribution in [1.82, 2.24) is 14.7 Å². The molecule has 0 bridgehead atoms. The number of piperazine rings is 1. The van der Waals surface area contributed by atoms with Crippen LogP contribution >= 0.6 is 0 Å². The summed E-state index contributed by atoms with van der Waals surface area (Å²) in [5.41, 5.74) is 0.900. The van der Waals surface area contributed by atoms with Gasteiger partial charge in [0, 0.05) is 64.3 Å². The van der Waals surface area contributed by atoms with Gasteiger partial charge in [-0.3, -0.25) is 14.6 Å². The summed E-state index contributed by atoms with van der Waals surface area (Å²) in [5.74, 6) is 1.25. The average molecular weight is 349 g/mol. The maximum Gasteiger partial charge on any atom is 0.219 e. The molecule has 138 valence electrons. The van der Waals surface area contributed by atoms with Crippen molar-refractivity contribution in [3.8, 4) is 5.75 Å². The van der Waals surface area contributed by atoms with E-state index in [9.17, 15) is 9.18 Å². The fourth-order valence-corrected chi connectivity index (χ4v) is 4.13. The van der Waals surface area contributed by atoms with Gasteiger partial charge in [-0.15, -0.1) is 0 Å². The van der Waals surface area contributed by atoms with E-state index in [1.807, 2.05) is 4.90 Å². The van der Waals surface area contributed by atoms with Crippen molar-refractivity contribution < 1.29 is 13.9 Å². The second-order valence-electron chi connectivity index (χ2n) is 7.24. The van der Waals surface area contributed by atoms with E-state index < -0.39 is 0 Å². The first-order chi connectivity index (χ1) is 12.0. The molecule has 1 aromatic carbocycles. The van der Waals surface area contributed by atoms with Crippen LogP contribution < -0.4 is 4.74 Å². The number of likely N-dealkylation sites (tertiary alicyclic amines) is 1. The van der Waals surface area contributed by atoms with Gasteiger partial charge < -0.3 is 9.64 Å². The Morgan fingerprint density at radius 2 is 1.96 bits per heavy atom. The van der Waals surface area contributed by atoms with E-state index in [4.69, 9.17) is 4.74 Å². The third kappa shape index (κ3) is 4.12. The van der Waals surface area contributed by atoms with Crippen LogP contribution in [-0.2, 0) is 11.3 Å². The summed E-state index contributed by atoms with van der Waals surface area (Å²) in [6, 6.07) is 5.20. The summed E-state index contributed by atoms with van der Waals surface area (Å²) in [5, 5.41) is 0. The van der Waals surface area contributed by atoms with Crippen molar-refractivity contribution in [3.05, 3.63) is 29.6 Å². The lowest BCUT2D eigenvalue weighted by Crippen LogP contribution is -2.53. The van der Waals surface area contributed by atoms with Crippen molar-refractivity contribution >= 4 is 5.91 Å². The number of carbonyl (C=O) groups excluding carboxylic acids is 1. The average Bonchev–Trinajstić information content (AvgIpc) is 2.95. The van der Waals surface area contributed by atoms with Crippen molar-refractivity contribution in [3.63, 3.8) is 0 Å². The van der Waals surface area contributed by atoms with Crippen LogP contribution in [0.4, 0.5) is 4.39 Å². The molecule has 2 atom stereocenters. The second kappa shape index (κ2) is 7.70.